The fourth-order valence-corrected chi connectivity index (χ4v) is 6.47. The monoisotopic (exact) mass is 459 g/mol. The molecular weight excluding hydrogens is 434 g/mol. The molecule has 0 saturated carbocycles. The van der Waals surface area contributed by atoms with Gasteiger partial charge in [0.15, 0.2) is 9.92 Å². The van der Waals surface area contributed by atoms with Crippen molar-refractivity contribution in [3.05, 3.63) is 39.0 Å². The number of aliphatic hydroxyl groups excluding tert-OH is 1. The molecule has 2 amide bonds. The van der Waals surface area contributed by atoms with E-state index in [1.807, 2.05) is 13.8 Å². The van der Waals surface area contributed by atoms with Gasteiger partial charge in [-0.3, -0.25) is 0 Å². The smallest absolute Gasteiger partial charge is 0.354 e. The number of anilines is 1. The Hall–Kier alpha value is -2.32. The van der Waals surface area contributed by atoms with Gasteiger partial charge < -0.3 is 10.4 Å². The molecule has 10 heteroatoms. The maximum absolute atomic E-state index is 13.0. The molecular formula is C21H25N5O3S2. The summed E-state index contributed by atoms with van der Waals surface area (Å²) in [6.45, 7) is 3.49. The summed E-state index contributed by atoms with van der Waals surface area (Å²) >= 11 is 1.08. The number of aromatic nitrogens is 1. The zero-order valence-corrected chi connectivity index (χ0v) is 19.2. The summed E-state index contributed by atoms with van der Waals surface area (Å²) < 4.78 is 17.0. The van der Waals surface area contributed by atoms with Gasteiger partial charge in [0.2, 0.25) is 0 Å². The number of amides is 2. The Kier molecular flexibility index (Phi) is 5.64. The molecule has 2 aliphatic rings. The molecule has 0 saturated heterocycles. The molecule has 1 unspecified atom stereocenters. The number of carbonyl (C=O) groups excluding carboxylic acids is 1. The number of fused-ring (bicyclic) bond motifs is 2. The van der Waals surface area contributed by atoms with Crippen LogP contribution in [0.5, 0.6) is 0 Å². The Morgan fingerprint density at radius 3 is 2.42 bits per heavy atom. The summed E-state index contributed by atoms with van der Waals surface area (Å²) in [6, 6.07) is 1.59. The van der Waals surface area contributed by atoms with Crippen molar-refractivity contribution in [3.8, 4) is 6.07 Å². The van der Waals surface area contributed by atoms with Gasteiger partial charge in [-0.2, -0.15) is 5.26 Å². The van der Waals surface area contributed by atoms with Crippen molar-refractivity contribution in [1.82, 2.24) is 4.98 Å². The summed E-state index contributed by atoms with van der Waals surface area (Å²) in [4.78, 5) is 17.0. The van der Waals surface area contributed by atoms with Crippen LogP contribution < -0.4 is 10.5 Å². The van der Waals surface area contributed by atoms with Gasteiger partial charge in [-0.15, -0.1) is 15.7 Å². The second-order valence-corrected chi connectivity index (χ2v) is 11.6. The SMILES string of the molecule is CC(C)(CO)c1ncc(S(N)(=O)=NC(=O)Nc2c3c(c(C#N)c4c2CCC4)CCC3)s1. The van der Waals surface area contributed by atoms with Crippen LogP contribution in [-0.4, -0.2) is 26.9 Å². The van der Waals surface area contributed by atoms with E-state index >= 15 is 0 Å². The van der Waals surface area contributed by atoms with Crippen LogP contribution >= 0.6 is 11.3 Å². The van der Waals surface area contributed by atoms with E-state index in [4.69, 9.17) is 5.14 Å². The highest BCUT2D eigenvalue weighted by atomic mass is 32.2. The molecule has 0 bridgehead atoms. The van der Waals surface area contributed by atoms with Crippen LogP contribution in [0.4, 0.5) is 10.5 Å². The number of nitriles is 1. The molecule has 164 valence electrons. The Labute approximate surface area is 185 Å². The number of hydrogen-bond acceptors (Lipinski definition) is 6. The minimum absolute atomic E-state index is 0.127. The number of thiazole rings is 1. The first-order chi connectivity index (χ1) is 14.7. The quantitative estimate of drug-likeness (QED) is 0.644. The van der Waals surface area contributed by atoms with E-state index in [9.17, 15) is 19.4 Å². The fraction of sp³-hybridized carbons (Fsp3) is 0.476. The van der Waals surface area contributed by atoms with Gasteiger partial charge in [-0.05, 0) is 60.8 Å². The van der Waals surface area contributed by atoms with Crippen LogP contribution in [-0.2, 0) is 41.0 Å². The van der Waals surface area contributed by atoms with Gasteiger partial charge in [0.25, 0.3) is 0 Å². The molecule has 31 heavy (non-hydrogen) atoms. The van der Waals surface area contributed by atoms with Gasteiger partial charge in [0.1, 0.15) is 9.22 Å². The van der Waals surface area contributed by atoms with Crippen LogP contribution in [0, 0.1) is 11.3 Å². The van der Waals surface area contributed by atoms with Crippen LogP contribution in [0.1, 0.15) is 59.5 Å². The standard InChI is InChI=1S/C21H25N5O3S2/c1-21(2,11-27)19-24-10-17(30-19)31(23,29)26-20(28)25-18-14-7-3-5-12(14)16(9-22)13-6-4-8-15(13)18/h10,27H,3-8,11H2,1-2H3,(H3,23,25,26,28,29). The van der Waals surface area contributed by atoms with Gasteiger partial charge in [0, 0.05) is 11.1 Å². The Balaban J connectivity index is 1.68. The summed E-state index contributed by atoms with van der Waals surface area (Å²) in [5.41, 5.74) is 4.90. The second-order valence-electron chi connectivity index (χ2n) is 8.60. The number of aliphatic hydroxyl groups is 1. The number of nitrogens with two attached hydrogens (primary N) is 1. The van der Waals surface area contributed by atoms with Gasteiger partial charge >= 0.3 is 6.03 Å². The highest BCUT2D eigenvalue weighted by molar-refractivity contribution is 7.93. The summed E-state index contributed by atoms with van der Waals surface area (Å²) in [7, 11) is -3.48. The molecule has 2 aromatic rings. The molecule has 0 spiro atoms. The predicted molar refractivity (Wildman–Crippen MR) is 119 cm³/mol. The molecule has 0 radical (unpaired) electrons. The number of nitrogens with zero attached hydrogens (tertiary/aromatic N) is 3. The Morgan fingerprint density at radius 1 is 1.29 bits per heavy atom. The van der Waals surface area contributed by atoms with E-state index in [2.05, 4.69) is 20.7 Å². The molecule has 4 N–H and O–H groups in total. The van der Waals surface area contributed by atoms with Crippen molar-refractivity contribution in [2.24, 2.45) is 9.50 Å². The first-order valence-corrected chi connectivity index (χ1v) is 12.6. The molecule has 1 atom stereocenters. The molecule has 0 fully saturated rings. The average molecular weight is 460 g/mol. The lowest BCUT2D eigenvalue weighted by Gasteiger charge is -2.17. The van der Waals surface area contributed by atoms with Crippen LogP contribution in [0.25, 0.3) is 0 Å². The molecule has 1 aromatic heterocycles. The zero-order valence-electron chi connectivity index (χ0n) is 17.5. The third kappa shape index (κ3) is 3.87. The van der Waals surface area contributed by atoms with E-state index in [1.54, 1.807) is 0 Å². The first kappa shape index (κ1) is 21.9. The first-order valence-electron chi connectivity index (χ1n) is 10.2. The topological polar surface area (TPSA) is 141 Å². The van der Waals surface area contributed by atoms with Gasteiger partial charge in [-0.1, -0.05) is 13.8 Å². The van der Waals surface area contributed by atoms with Crippen molar-refractivity contribution in [2.45, 2.75) is 62.0 Å². The molecule has 1 aromatic carbocycles. The van der Waals surface area contributed by atoms with E-state index in [0.29, 0.717) is 10.7 Å². The third-order valence-electron chi connectivity index (χ3n) is 5.95. The van der Waals surface area contributed by atoms with Crippen LogP contribution in [0.3, 0.4) is 0 Å². The number of nitrogens with one attached hydrogen (secondary N) is 1. The lowest BCUT2D eigenvalue weighted by Crippen LogP contribution is -2.21. The van der Waals surface area contributed by atoms with Gasteiger partial charge in [0.05, 0.1) is 24.4 Å². The minimum Gasteiger partial charge on any atom is -0.395 e. The number of benzene rings is 1. The molecule has 4 rings (SSSR count). The third-order valence-corrected chi connectivity index (χ3v) is 9.20. The van der Waals surface area contributed by atoms with Gasteiger partial charge in [-0.25, -0.2) is 19.1 Å². The largest absolute Gasteiger partial charge is 0.395 e. The maximum atomic E-state index is 13.0. The summed E-state index contributed by atoms with van der Waals surface area (Å²) in [5, 5.41) is 28.5. The van der Waals surface area contributed by atoms with Crippen LogP contribution in [0.15, 0.2) is 14.8 Å². The average Bonchev–Trinajstić information content (AvgIpc) is 3.47. The van der Waals surface area contributed by atoms with Crippen molar-refractivity contribution >= 4 is 33.0 Å². The molecule has 8 nitrogen and oxygen atoms in total. The molecule has 1 heterocycles. The number of hydrogen-bond donors (Lipinski definition) is 3. The summed E-state index contributed by atoms with van der Waals surface area (Å²) in [5.74, 6) is 0. The highest BCUT2D eigenvalue weighted by Gasteiger charge is 2.30. The van der Waals surface area contributed by atoms with Crippen molar-refractivity contribution < 1.29 is 14.1 Å². The summed E-state index contributed by atoms with van der Waals surface area (Å²) in [6.07, 6.45) is 6.45. The zero-order chi connectivity index (χ0) is 22.4. The Morgan fingerprint density at radius 2 is 1.87 bits per heavy atom. The number of urea groups is 1. The van der Waals surface area contributed by atoms with E-state index in [-0.39, 0.29) is 10.8 Å². The van der Waals surface area contributed by atoms with Crippen molar-refractivity contribution in [1.29, 1.82) is 5.26 Å². The normalized spacial score (nSPS) is 16.9. The highest BCUT2D eigenvalue weighted by Crippen LogP contribution is 2.41. The molecule has 0 aliphatic heterocycles. The maximum Gasteiger partial charge on any atom is 0.354 e. The lowest BCUT2D eigenvalue weighted by atomic mass is 9.93. The van der Waals surface area contributed by atoms with E-state index in [1.165, 1.54) is 6.20 Å². The molecule has 2 aliphatic carbocycles. The predicted octanol–water partition coefficient (Wildman–Crippen LogP) is 3.19. The lowest BCUT2D eigenvalue weighted by molar-refractivity contribution is 0.218. The van der Waals surface area contributed by atoms with E-state index in [0.717, 1.165) is 77.7 Å². The number of carbonyl (C=O) groups is 1. The number of rotatable bonds is 4. The van der Waals surface area contributed by atoms with Crippen molar-refractivity contribution in [3.63, 3.8) is 0 Å². The Bertz CT molecular complexity index is 1200. The second kappa shape index (κ2) is 7.98. The van der Waals surface area contributed by atoms with Crippen molar-refractivity contribution in [2.75, 3.05) is 11.9 Å². The van der Waals surface area contributed by atoms with Crippen LogP contribution in [0.2, 0.25) is 0 Å². The minimum atomic E-state index is -3.48. The van der Waals surface area contributed by atoms with E-state index < -0.39 is 21.4 Å². The fourth-order valence-electron chi connectivity index (χ4n) is 4.31.